The quantitative estimate of drug-likeness (QED) is 0.158. The fourth-order valence-corrected chi connectivity index (χ4v) is 12.1. The van der Waals surface area contributed by atoms with Crippen LogP contribution in [-0.4, -0.2) is 4.57 Å². The summed E-state index contributed by atoms with van der Waals surface area (Å²) in [6.07, 6.45) is 0. The Balaban J connectivity index is 1.10. The molecule has 3 aromatic heterocycles. The summed E-state index contributed by atoms with van der Waals surface area (Å²) in [5.74, 6) is 0. The zero-order valence-corrected chi connectivity index (χ0v) is 32.3. The lowest BCUT2D eigenvalue weighted by Gasteiger charge is -2.14. The third-order valence-corrected chi connectivity index (χ3v) is 14.6. The van der Waals surface area contributed by atoms with Crippen LogP contribution in [0.5, 0.6) is 0 Å². The van der Waals surface area contributed by atoms with Crippen LogP contribution < -0.4 is 0 Å². The Kier molecular flexibility index (Phi) is 6.54. The zero-order valence-electron chi connectivity index (χ0n) is 30.7. The molecule has 0 spiro atoms. The minimum absolute atomic E-state index is 1.17. The van der Waals surface area contributed by atoms with Gasteiger partial charge in [0.1, 0.15) is 0 Å². The highest BCUT2D eigenvalue weighted by molar-refractivity contribution is 7.26. The van der Waals surface area contributed by atoms with E-state index >= 15 is 0 Å². The average molecular weight is 758 g/mol. The Bertz CT molecular complexity index is 3610. The molecule has 0 amide bonds. The first kappa shape index (κ1) is 31.4. The monoisotopic (exact) mass is 757 g/mol. The molecule has 0 aliphatic heterocycles. The molecule has 0 N–H and O–H groups in total. The summed E-state index contributed by atoms with van der Waals surface area (Å²) in [6.45, 7) is 0. The second kappa shape index (κ2) is 11.9. The minimum Gasteiger partial charge on any atom is -0.309 e. The van der Waals surface area contributed by atoms with Crippen LogP contribution in [-0.2, 0) is 0 Å². The highest BCUT2D eigenvalue weighted by Crippen LogP contribution is 2.45. The lowest BCUT2D eigenvalue weighted by Crippen LogP contribution is -1.94. The van der Waals surface area contributed by atoms with Crippen LogP contribution in [0, 0.1) is 0 Å². The smallest absolute Gasteiger partial charge is 0.0541 e. The number of hydrogen-bond acceptors (Lipinski definition) is 2. The van der Waals surface area contributed by atoms with Crippen molar-refractivity contribution in [3.05, 3.63) is 188 Å². The number of nitrogens with zero attached hydrogens (tertiary/aromatic N) is 1. The molecule has 0 unspecified atom stereocenters. The van der Waals surface area contributed by atoms with E-state index in [1.807, 2.05) is 22.7 Å². The van der Waals surface area contributed by atoms with Gasteiger partial charge in [-0.05, 0) is 103 Å². The maximum absolute atomic E-state index is 2.49. The second-order valence-corrected chi connectivity index (χ2v) is 17.3. The summed E-state index contributed by atoms with van der Waals surface area (Å²) >= 11 is 3.79. The van der Waals surface area contributed by atoms with Crippen LogP contribution in [0.4, 0.5) is 0 Å². The maximum atomic E-state index is 2.49. The van der Waals surface area contributed by atoms with Crippen LogP contribution >= 0.6 is 22.7 Å². The summed E-state index contributed by atoms with van der Waals surface area (Å²) in [4.78, 5) is 0. The predicted molar refractivity (Wildman–Crippen MR) is 250 cm³/mol. The molecule has 1 nitrogen and oxygen atoms in total. The van der Waals surface area contributed by atoms with E-state index < -0.39 is 0 Å². The van der Waals surface area contributed by atoms with E-state index in [0.717, 1.165) is 0 Å². The summed E-state index contributed by atoms with van der Waals surface area (Å²) in [5, 5.41) is 15.5. The van der Waals surface area contributed by atoms with Gasteiger partial charge < -0.3 is 4.57 Å². The Morgan fingerprint density at radius 2 is 0.702 bits per heavy atom. The lowest BCUT2D eigenvalue weighted by atomic mass is 9.94. The van der Waals surface area contributed by atoms with Gasteiger partial charge in [-0.3, -0.25) is 0 Å². The van der Waals surface area contributed by atoms with Gasteiger partial charge in [0.25, 0.3) is 0 Å². The topological polar surface area (TPSA) is 4.93 Å². The lowest BCUT2D eigenvalue weighted by molar-refractivity contribution is 1.19. The molecule has 0 bridgehead atoms. The predicted octanol–water partition coefficient (Wildman–Crippen LogP) is 16.3. The highest BCUT2D eigenvalue weighted by atomic mass is 32.1. The Labute approximate surface area is 335 Å². The molecule has 0 radical (unpaired) electrons. The van der Waals surface area contributed by atoms with E-state index in [4.69, 9.17) is 0 Å². The van der Waals surface area contributed by atoms with Crippen molar-refractivity contribution in [3.63, 3.8) is 0 Å². The van der Waals surface area contributed by atoms with Crippen LogP contribution in [0.2, 0.25) is 0 Å². The van der Waals surface area contributed by atoms with E-state index in [1.165, 1.54) is 122 Å². The maximum Gasteiger partial charge on any atom is 0.0541 e. The van der Waals surface area contributed by atoms with Crippen LogP contribution in [0.1, 0.15) is 0 Å². The van der Waals surface area contributed by atoms with E-state index in [2.05, 4.69) is 193 Å². The molecule has 10 aromatic carbocycles. The van der Waals surface area contributed by atoms with Gasteiger partial charge in [0, 0.05) is 56.8 Å². The van der Waals surface area contributed by atoms with Gasteiger partial charge in [-0.15, -0.1) is 22.7 Å². The van der Waals surface area contributed by atoms with Crippen LogP contribution in [0.25, 0.3) is 122 Å². The van der Waals surface area contributed by atoms with Crippen molar-refractivity contribution in [2.45, 2.75) is 0 Å². The number of rotatable bonds is 3. The number of hydrogen-bond donors (Lipinski definition) is 0. The molecule has 13 rings (SSSR count). The Morgan fingerprint density at radius 1 is 0.281 bits per heavy atom. The van der Waals surface area contributed by atoms with Crippen molar-refractivity contribution < 1.29 is 0 Å². The molecule has 0 aliphatic carbocycles. The summed E-state index contributed by atoms with van der Waals surface area (Å²) in [7, 11) is 0. The minimum atomic E-state index is 1.17. The molecule has 0 saturated heterocycles. The normalized spacial score (nSPS) is 12.2. The van der Waals surface area contributed by atoms with Gasteiger partial charge >= 0.3 is 0 Å². The Morgan fingerprint density at radius 3 is 1.21 bits per heavy atom. The Hall–Kier alpha value is -6.78. The van der Waals surface area contributed by atoms with Crippen molar-refractivity contribution >= 4 is 117 Å². The first-order valence-corrected chi connectivity index (χ1v) is 21.1. The van der Waals surface area contributed by atoms with Crippen LogP contribution in [0.15, 0.2) is 188 Å². The van der Waals surface area contributed by atoms with E-state index in [-0.39, 0.29) is 0 Å². The third kappa shape index (κ3) is 4.50. The van der Waals surface area contributed by atoms with Gasteiger partial charge in [-0.25, -0.2) is 0 Å². The fraction of sp³-hybridized carbons (Fsp3) is 0. The molecule has 0 atom stereocenters. The molecule has 3 heterocycles. The first-order valence-electron chi connectivity index (χ1n) is 19.5. The van der Waals surface area contributed by atoms with Gasteiger partial charge in [0.2, 0.25) is 0 Å². The fourth-order valence-electron chi connectivity index (χ4n) is 9.62. The van der Waals surface area contributed by atoms with Crippen molar-refractivity contribution in [2.75, 3.05) is 0 Å². The molecule has 0 fully saturated rings. The zero-order chi connectivity index (χ0) is 37.2. The van der Waals surface area contributed by atoms with Crippen molar-refractivity contribution in [1.82, 2.24) is 4.57 Å². The van der Waals surface area contributed by atoms with Gasteiger partial charge in [-0.2, -0.15) is 0 Å². The molecular formula is C54H31NS2. The van der Waals surface area contributed by atoms with Gasteiger partial charge in [0.15, 0.2) is 0 Å². The molecule has 3 heteroatoms. The van der Waals surface area contributed by atoms with Crippen molar-refractivity contribution in [3.8, 4) is 27.9 Å². The third-order valence-electron chi connectivity index (χ3n) is 12.2. The molecule has 0 saturated carbocycles. The first-order chi connectivity index (χ1) is 28.3. The van der Waals surface area contributed by atoms with Crippen molar-refractivity contribution in [2.24, 2.45) is 0 Å². The number of fused-ring (bicyclic) bond motifs is 15. The number of aromatic nitrogens is 1. The molecular weight excluding hydrogens is 727 g/mol. The number of benzene rings is 10. The molecule has 0 aliphatic rings. The second-order valence-electron chi connectivity index (χ2n) is 15.2. The molecule has 264 valence electrons. The van der Waals surface area contributed by atoms with Gasteiger partial charge in [0.05, 0.1) is 11.0 Å². The summed E-state index contributed by atoms with van der Waals surface area (Å²) < 4.78 is 7.82. The summed E-state index contributed by atoms with van der Waals surface area (Å²) in [6, 6.07) is 70.2. The standard InChI is InChI=1S/C54H31NS2/c1-2-13-39-37(11-1)38-12-3-4-14-40(38)46-31-34(25-26-41(39)46)55-49-27-23-32(35-17-9-19-44-42-15-5-7-21-51(42)56-53(35)44)29-47(49)48-30-33(24-28-50(48)55)36-18-10-20-45-43-16-6-8-22-52(43)57-54(36)45/h1-31H. The SMILES string of the molecule is c1ccc2c(c1)sc1c(-c3ccc4c(c3)c3cc(-c5cccc6c5sc5ccccc56)ccc3n4-c3ccc4c5ccccc5c5ccccc5c4c3)cccc12. The molecule has 13 aromatic rings. The van der Waals surface area contributed by atoms with Crippen LogP contribution in [0.3, 0.4) is 0 Å². The van der Waals surface area contributed by atoms with E-state index in [9.17, 15) is 0 Å². The van der Waals surface area contributed by atoms with E-state index in [1.54, 1.807) is 0 Å². The van der Waals surface area contributed by atoms with E-state index in [0.29, 0.717) is 0 Å². The highest BCUT2D eigenvalue weighted by Gasteiger charge is 2.19. The molecule has 57 heavy (non-hydrogen) atoms. The summed E-state index contributed by atoms with van der Waals surface area (Å²) in [5.41, 5.74) is 8.64. The average Bonchev–Trinajstić information content (AvgIpc) is 3.95. The number of thiophene rings is 2. The largest absolute Gasteiger partial charge is 0.309 e. The van der Waals surface area contributed by atoms with Crippen molar-refractivity contribution in [1.29, 1.82) is 0 Å². The van der Waals surface area contributed by atoms with Gasteiger partial charge in [-0.1, -0.05) is 140 Å².